The predicted molar refractivity (Wildman–Crippen MR) is 280 cm³/mol. The van der Waals surface area contributed by atoms with Crippen LogP contribution >= 0.6 is 0 Å². The van der Waals surface area contributed by atoms with Gasteiger partial charge in [-0.25, -0.2) is 0 Å². The monoisotopic (exact) mass is 919 g/mol. The van der Waals surface area contributed by atoms with Crippen molar-refractivity contribution in [2.75, 3.05) is 13.2 Å². The molecule has 0 aromatic heterocycles. The van der Waals surface area contributed by atoms with Crippen molar-refractivity contribution in [3.8, 4) is 0 Å². The Morgan fingerprint density at radius 3 is 0.615 bits per heavy atom. The lowest BCUT2D eigenvalue weighted by molar-refractivity contribution is -0.167. The Labute approximate surface area is 406 Å². The molecule has 0 fully saturated rings. The first kappa shape index (κ1) is 63.4. The van der Waals surface area contributed by atoms with Gasteiger partial charge in [0.05, 0.1) is 0 Å². The molecule has 0 amide bonds. The van der Waals surface area contributed by atoms with Gasteiger partial charge in [0.15, 0.2) is 6.10 Å². The van der Waals surface area contributed by atoms with E-state index in [0.717, 1.165) is 57.8 Å². The summed E-state index contributed by atoms with van der Waals surface area (Å²) in [7, 11) is 0. The Morgan fingerprint density at radius 1 is 0.246 bits per heavy atom. The van der Waals surface area contributed by atoms with Gasteiger partial charge in [0, 0.05) is 19.3 Å². The van der Waals surface area contributed by atoms with E-state index < -0.39 is 6.10 Å². The maximum absolute atomic E-state index is 12.8. The number of hydrogen-bond acceptors (Lipinski definition) is 6. The van der Waals surface area contributed by atoms with E-state index in [2.05, 4.69) is 20.8 Å². The first-order chi connectivity index (χ1) is 32.0. The van der Waals surface area contributed by atoms with Crippen molar-refractivity contribution in [2.45, 2.75) is 348 Å². The molecular weight excluding hydrogens is 805 g/mol. The highest BCUT2D eigenvalue weighted by Crippen LogP contribution is 2.18. The smallest absolute Gasteiger partial charge is 0.306 e. The highest BCUT2D eigenvalue weighted by molar-refractivity contribution is 5.71. The molecule has 0 radical (unpaired) electrons. The van der Waals surface area contributed by atoms with Crippen LogP contribution in [0.3, 0.4) is 0 Å². The fourth-order valence-corrected chi connectivity index (χ4v) is 9.15. The lowest BCUT2D eigenvalue weighted by atomic mass is 10.0. The average molecular weight is 920 g/mol. The third-order valence-corrected chi connectivity index (χ3v) is 13.6. The van der Waals surface area contributed by atoms with Crippen LogP contribution in [0.5, 0.6) is 0 Å². The fourth-order valence-electron chi connectivity index (χ4n) is 9.15. The molecule has 1 unspecified atom stereocenters. The summed E-state index contributed by atoms with van der Waals surface area (Å²) in [5.41, 5.74) is 0. The molecule has 0 N–H and O–H groups in total. The number of ether oxygens (including phenoxy) is 3. The second-order valence-electron chi connectivity index (χ2n) is 20.3. The molecule has 6 heteroatoms. The lowest BCUT2D eigenvalue weighted by Crippen LogP contribution is -2.30. The molecule has 0 aliphatic carbocycles. The molecular formula is C59H114O6. The van der Waals surface area contributed by atoms with Crippen LogP contribution in [0.4, 0.5) is 0 Å². The minimum absolute atomic E-state index is 0.0614. The number of carbonyl (C=O) groups excluding carboxylic acids is 3. The third-order valence-electron chi connectivity index (χ3n) is 13.6. The summed E-state index contributed by atoms with van der Waals surface area (Å²) in [6, 6.07) is 0. The fraction of sp³-hybridized carbons (Fsp3) is 0.949. The van der Waals surface area contributed by atoms with E-state index in [9.17, 15) is 14.4 Å². The highest BCUT2D eigenvalue weighted by Gasteiger charge is 2.19. The van der Waals surface area contributed by atoms with Gasteiger partial charge >= 0.3 is 17.9 Å². The van der Waals surface area contributed by atoms with Crippen LogP contribution in [-0.4, -0.2) is 37.2 Å². The van der Waals surface area contributed by atoms with Crippen molar-refractivity contribution < 1.29 is 28.6 Å². The van der Waals surface area contributed by atoms with E-state index in [-0.39, 0.29) is 31.1 Å². The predicted octanol–water partition coefficient (Wildman–Crippen LogP) is 19.5. The van der Waals surface area contributed by atoms with E-state index in [1.165, 1.54) is 244 Å². The Kier molecular flexibility index (Phi) is 53.7. The zero-order chi connectivity index (χ0) is 47.2. The Hall–Kier alpha value is -1.59. The van der Waals surface area contributed by atoms with Gasteiger partial charge in [-0.1, -0.05) is 303 Å². The zero-order valence-electron chi connectivity index (χ0n) is 44.3. The molecule has 0 rings (SSSR count). The Balaban J connectivity index is 4.12. The molecule has 0 aromatic carbocycles. The molecule has 386 valence electrons. The van der Waals surface area contributed by atoms with E-state index in [1.54, 1.807) is 0 Å². The molecule has 1 atom stereocenters. The van der Waals surface area contributed by atoms with Crippen molar-refractivity contribution in [1.82, 2.24) is 0 Å². The number of rotatable bonds is 55. The molecule has 65 heavy (non-hydrogen) atoms. The maximum atomic E-state index is 12.8. The molecule has 0 bridgehead atoms. The topological polar surface area (TPSA) is 78.9 Å². The number of unbranched alkanes of at least 4 members (excludes halogenated alkanes) is 44. The molecule has 6 nitrogen and oxygen atoms in total. The Bertz CT molecular complexity index is 967. The van der Waals surface area contributed by atoms with Crippen LogP contribution in [0.25, 0.3) is 0 Å². The Morgan fingerprint density at radius 2 is 0.415 bits per heavy atom. The standard InChI is InChI=1S/C59H114O6/c1-4-7-10-13-16-19-22-24-25-26-27-28-29-30-31-32-33-34-36-37-40-43-46-49-52-58(61)64-55-56(54-63-57(60)51-48-45-42-39-21-18-15-12-9-6-3)65-59(62)53-50-47-44-41-38-35-23-20-17-14-11-8-5-2/h56H,4-55H2,1-3H3. The second-order valence-corrected chi connectivity index (χ2v) is 20.3. The van der Waals surface area contributed by atoms with Crippen LogP contribution in [-0.2, 0) is 28.6 Å². The van der Waals surface area contributed by atoms with Crippen LogP contribution in [0.15, 0.2) is 0 Å². The van der Waals surface area contributed by atoms with E-state index in [0.29, 0.717) is 19.3 Å². The van der Waals surface area contributed by atoms with Crippen molar-refractivity contribution in [2.24, 2.45) is 0 Å². The van der Waals surface area contributed by atoms with E-state index in [1.807, 2.05) is 0 Å². The molecule has 0 aliphatic rings. The van der Waals surface area contributed by atoms with Crippen LogP contribution in [0.1, 0.15) is 342 Å². The molecule has 0 aromatic rings. The summed E-state index contributed by atoms with van der Waals surface area (Å²) in [4.78, 5) is 38.0. The number of esters is 3. The van der Waals surface area contributed by atoms with Gasteiger partial charge in [-0.2, -0.15) is 0 Å². The van der Waals surface area contributed by atoms with E-state index in [4.69, 9.17) is 14.2 Å². The van der Waals surface area contributed by atoms with Crippen molar-refractivity contribution in [3.05, 3.63) is 0 Å². The summed E-state index contributed by atoms with van der Waals surface area (Å²) in [5, 5.41) is 0. The second kappa shape index (κ2) is 55.0. The lowest BCUT2D eigenvalue weighted by Gasteiger charge is -2.18. The maximum Gasteiger partial charge on any atom is 0.306 e. The van der Waals surface area contributed by atoms with E-state index >= 15 is 0 Å². The van der Waals surface area contributed by atoms with Gasteiger partial charge < -0.3 is 14.2 Å². The zero-order valence-corrected chi connectivity index (χ0v) is 44.3. The molecule has 0 saturated heterocycles. The van der Waals surface area contributed by atoms with Crippen molar-refractivity contribution in [1.29, 1.82) is 0 Å². The van der Waals surface area contributed by atoms with Gasteiger partial charge in [-0.3, -0.25) is 14.4 Å². The molecule has 0 spiro atoms. The summed E-state index contributed by atoms with van der Waals surface area (Å²) < 4.78 is 16.8. The van der Waals surface area contributed by atoms with Crippen molar-refractivity contribution >= 4 is 17.9 Å². The van der Waals surface area contributed by atoms with Gasteiger partial charge in [0.2, 0.25) is 0 Å². The van der Waals surface area contributed by atoms with Crippen LogP contribution < -0.4 is 0 Å². The summed E-state index contributed by atoms with van der Waals surface area (Å²) in [5.74, 6) is -0.837. The first-order valence-electron chi connectivity index (χ1n) is 29.5. The first-order valence-corrected chi connectivity index (χ1v) is 29.5. The summed E-state index contributed by atoms with van der Waals surface area (Å²) in [6.07, 6.45) is 61.1. The summed E-state index contributed by atoms with van der Waals surface area (Å²) >= 11 is 0. The van der Waals surface area contributed by atoms with Crippen molar-refractivity contribution in [3.63, 3.8) is 0 Å². The SMILES string of the molecule is CCCCCCCCCCCCCCCCCCCCCCCCCCC(=O)OCC(COC(=O)CCCCCCCCCCCC)OC(=O)CCCCCCCCCCCCCCC. The van der Waals surface area contributed by atoms with Gasteiger partial charge in [-0.15, -0.1) is 0 Å². The minimum atomic E-state index is -0.760. The highest BCUT2D eigenvalue weighted by atomic mass is 16.6. The quantitative estimate of drug-likeness (QED) is 0.0344. The largest absolute Gasteiger partial charge is 0.462 e. The molecule has 0 saturated carbocycles. The van der Waals surface area contributed by atoms with Gasteiger partial charge in [0.25, 0.3) is 0 Å². The van der Waals surface area contributed by atoms with Crippen LogP contribution in [0.2, 0.25) is 0 Å². The van der Waals surface area contributed by atoms with Gasteiger partial charge in [0.1, 0.15) is 13.2 Å². The summed E-state index contributed by atoms with van der Waals surface area (Å²) in [6.45, 7) is 6.69. The minimum Gasteiger partial charge on any atom is -0.462 e. The normalized spacial score (nSPS) is 11.9. The molecule has 0 aliphatic heterocycles. The average Bonchev–Trinajstić information content (AvgIpc) is 3.30. The third kappa shape index (κ3) is 53.2. The van der Waals surface area contributed by atoms with Crippen LogP contribution in [0, 0.1) is 0 Å². The molecule has 0 heterocycles. The van der Waals surface area contributed by atoms with Gasteiger partial charge in [-0.05, 0) is 19.3 Å². The number of hydrogen-bond donors (Lipinski definition) is 0. The number of carbonyl (C=O) groups is 3.